The van der Waals surface area contributed by atoms with E-state index in [9.17, 15) is 0 Å². The summed E-state index contributed by atoms with van der Waals surface area (Å²) in [5.41, 5.74) is 0.473. The van der Waals surface area contributed by atoms with Crippen molar-refractivity contribution in [1.29, 1.82) is 0 Å². The largest absolute Gasteiger partial charge is 0.378 e. The van der Waals surface area contributed by atoms with E-state index < -0.39 is 0 Å². The Balaban J connectivity index is 1.54. The second-order valence-electron chi connectivity index (χ2n) is 7.33. The lowest BCUT2D eigenvalue weighted by molar-refractivity contribution is 0.0283. The molecule has 0 aromatic carbocycles. The third kappa shape index (κ3) is 5.05. The summed E-state index contributed by atoms with van der Waals surface area (Å²) in [5.74, 6) is 0.873. The molecule has 112 valence electrons. The quantitative estimate of drug-likeness (QED) is 0.775. The second kappa shape index (κ2) is 7.05. The predicted octanol–water partition coefficient (Wildman–Crippen LogP) is 2.51. The minimum Gasteiger partial charge on any atom is -0.378 e. The highest BCUT2D eigenvalue weighted by atomic mass is 16.5. The van der Waals surface area contributed by atoms with Crippen LogP contribution < -0.4 is 5.32 Å². The first-order valence-electron chi connectivity index (χ1n) is 8.10. The van der Waals surface area contributed by atoms with Gasteiger partial charge in [-0.25, -0.2) is 0 Å². The second-order valence-corrected chi connectivity index (χ2v) is 7.33. The van der Waals surface area contributed by atoms with E-state index in [1.807, 2.05) is 0 Å². The van der Waals surface area contributed by atoms with Gasteiger partial charge in [-0.3, -0.25) is 0 Å². The molecule has 3 nitrogen and oxygen atoms in total. The van der Waals surface area contributed by atoms with Crippen LogP contribution in [0.4, 0.5) is 0 Å². The summed E-state index contributed by atoms with van der Waals surface area (Å²) in [5, 5.41) is 3.38. The van der Waals surface area contributed by atoms with E-state index in [0.29, 0.717) is 11.5 Å². The number of ether oxygens (including phenoxy) is 1. The van der Waals surface area contributed by atoms with Crippen molar-refractivity contribution in [2.75, 3.05) is 39.3 Å². The molecule has 19 heavy (non-hydrogen) atoms. The van der Waals surface area contributed by atoms with Crippen molar-refractivity contribution in [2.45, 2.75) is 52.6 Å². The fourth-order valence-corrected chi connectivity index (χ4v) is 3.24. The van der Waals surface area contributed by atoms with Crippen molar-refractivity contribution in [1.82, 2.24) is 10.2 Å². The Bertz CT molecular complexity index is 256. The highest BCUT2D eigenvalue weighted by molar-refractivity contribution is 4.83. The molecule has 2 heterocycles. The van der Waals surface area contributed by atoms with Gasteiger partial charge in [0.1, 0.15) is 0 Å². The Morgan fingerprint density at radius 3 is 2.53 bits per heavy atom. The maximum Gasteiger partial charge on any atom is 0.0599 e. The third-order valence-corrected chi connectivity index (χ3v) is 4.76. The standard InChI is InChI=1S/C16H32N2O/c1-16(2,3)14-7-11-18(13-14)10-4-12-19-15-5-8-17-9-6-15/h14-15,17H,4-13H2,1-3H3. The predicted molar refractivity (Wildman–Crippen MR) is 80.5 cm³/mol. The molecule has 0 aromatic heterocycles. The molecule has 3 heteroatoms. The molecule has 1 atom stereocenters. The van der Waals surface area contributed by atoms with Crippen LogP contribution in [0, 0.1) is 11.3 Å². The number of hydrogen-bond donors (Lipinski definition) is 1. The molecule has 2 aliphatic heterocycles. The first kappa shape index (κ1) is 15.3. The maximum absolute atomic E-state index is 5.97. The summed E-state index contributed by atoms with van der Waals surface area (Å²) in [7, 11) is 0. The van der Waals surface area contributed by atoms with Crippen LogP contribution in [0.15, 0.2) is 0 Å². The molecule has 0 spiro atoms. The average molecular weight is 268 g/mol. The van der Waals surface area contributed by atoms with Gasteiger partial charge in [0, 0.05) is 19.7 Å². The summed E-state index contributed by atoms with van der Waals surface area (Å²) in [6.07, 6.45) is 5.47. The maximum atomic E-state index is 5.97. The summed E-state index contributed by atoms with van der Waals surface area (Å²) in [6.45, 7) is 14.1. The highest BCUT2D eigenvalue weighted by Crippen LogP contribution is 2.33. The van der Waals surface area contributed by atoms with Gasteiger partial charge in [-0.1, -0.05) is 20.8 Å². The van der Waals surface area contributed by atoms with E-state index in [0.717, 1.165) is 25.6 Å². The Labute approximate surface area is 119 Å². The molecule has 2 fully saturated rings. The topological polar surface area (TPSA) is 24.5 Å². The lowest BCUT2D eigenvalue weighted by Gasteiger charge is -2.27. The van der Waals surface area contributed by atoms with Crippen molar-refractivity contribution in [3.63, 3.8) is 0 Å². The molecule has 2 saturated heterocycles. The van der Waals surface area contributed by atoms with Crippen molar-refractivity contribution < 1.29 is 4.74 Å². The minimum atomic E-state index is 0.473. The van der Waals surface area contributed by atoms with Gasteiger partial charge in [0.25, 0.3) is 0 Å². The van der Waals surface area contributed by atoms with E-state index in [4.69, 9.17) is 4.74 Å². The molecule has 0 aliphatic carbocycles. The third-order valence-electron chi connectivity index (χ3n) is 4.76. The Kier molecular flexibility index (Phi) is 5.67. The summed E-state index contributed by atoms with van der Waals surface area (Å²) in [6, 6.07) is 0. The molecule has 1 N–H and O–H groups in total. The minimum absolute atomic E-state index is 0.473. The number of rotatable bonds is 5. The number of nitrogens with zero attached hydrogens (tertiary/aromatic N) is 1. The van der Waals surface area contributed by atoms with Crippen LogP contribution in [-0.2, 0) is 4.74 Å². The van der Waals surface area contributed by atoms with Gasteiger partial charge in [-0.05, 0) is 56.7 Å². The van der Waals surface area contributed by atoms with E-state index >= 15 is 0 Å². The first-order valence-corrected chi connectivity index (χ1v) is 8.10. The van der Waals surface area contributed by atoms with Gasteiger partial charge in [-0.2, -0.15) is 0 Å². The zero-order chi connectivity index (χ0) is 13.7. The van der Waals surface area contributed by atoms with Crippen LogP contribution in [0.2, 0.25) is 0 Å². The van der Waals surface area contributed by atoms with Gasteiger partial charge in [0.15, 0.2) is 0 Å². The van der Waals surface area contributed by atoms with E-state index in [-0.39, 0.29) is 0 Å². The molecular formula is C16H32N2O. The van der Waals surface area contributed by atoms with E-state index in [1.54, 1.807) is 0 Å². The molecular weight excluding hydrogens is 236 g/mol. The van der Waals surface area contributed by atoms with Gasteiger partial charge in [0.05, 0.1) is 6.10 Å². The van der Waals surface area contributed by atoms with Crippen molar-refractivity contribution in [2.24, 2.45) is 11.3 Å². The molecule has 2 rings (SSSR count). The van der Waals surface area contributed by atoms with Gasteiger partial charge in [-0.15, -0.1) is 0 Å². The Morgan fingerprint density at radius 2 is 1.89 bits per heavy atom. The van der Waals surface area contributed by atoms with Crippen LogP contribution >= 0.6 is 0 Å². The lowest BCUT2D eigenvalue weighted by atomic mass is 9.80. The van der Waals surface area contributed by atoms with Crippen LogP contribution in [0.5, 0.6) is 0 Å². The highest BCUT2D eigenvalue weighted by Gasteiger charge is 2.31. The first-order chi connectivity index (χ1) is 9.05. The SMILES string of the molecule is CC(C)(C)C1CCN(CCCOC2CCNCC2)C1. The van der Waals surface area contributed by atoms with Gasteiger partial charge < -0.3 is 15.0 Å². The molecule has 1 unspecified atom stereocenters. The molecule has 0 saturated carbocycles. The molecule has 0 bridgehead atoms. The molecule has 0 radical (unpaired) electrons. The Hall–Kier alpha value is -0.120. The number of hydrogen-bond acceptors (Lipinski definition) is 3. The van der Waals surface area contributed by atoms with Crippen LogP contribution in [-0.4, -0.2) is 50.3 Å². The zero-order valence-corrected chi connectivity index (χ0v) is 13.1. The fraction of sp³-hybridized carbons (Fsp3) is 1.00. The van der Waals surface area contributed by atoms with Crippen LogP contribution in [0.25, 0.3) is 0 Å². The Morgan fingerprint density at radius 1 is 1.16 bits per heavy atom. The number of piperidine rings is 1. The monoisotopic (exact) mass is 268 g/mol. The average Bonchev–Trinajstić information content (AvgIpc) is 2.85. The molecule has 0 amide bonds. The molecule has 2 aliphatic rings. The van der Waals surface area contributed by atoms with Crippen molar-refractivity contribution >= 4 is 0 Å². The summed E-state index contributed by atoms with van der Waals surface area (Å²) < 4.78 is 5.97. The lowest BCUT2D eigenvalue weighted by Crippen LogP contribution is -2.33. The van der Waals surface area contributed by atoms with E-state index in [2.05, 4.69) is 31.0 Å². The van der Waals surface area contributed by atoms with Gasteiger partial charge >= 0.3 is 0 Å². The van der Waals surface area contributed by atoms with Gasteiger partial charge in [0.2, 0.25) is 0 Å². The van der Waals surface area contributed by atoms with Crippen molar-refractivity contribution in [3.05, 3.63) is 0 Å². The number of nitrogens with one attached hydrogen (secondary N) is 1. The van der Waals surface area contributed by atoms with Crippen LogP contribution in [0.3, 0.4) is 0 Å². The normalized spacial score (nSPS) is 27.0. The smallest absolute Gasteiger partial charge is 0.0599 e. The summed E-state index contributed by atoms with van der Waals surface area (Å²) >= 11 is 0. The summed E-state index contributed by atoms with van der Waals surface area (Å²) in [4.78, 5) is 2.63. The van der Waals surface area contributed by atoms with Crippen LogP contribution in [0.1, 0.15) is 46.5 Å². The number of likely N-dealkylation sites (tertiary alicyclic amines) is 1. The zero-order valence-electron chi connectivity index (χ0n) is 13.1. The fourth-order valence-electron chi connectivity index (χ4n) is 3.24. The van der Waals surface area contributed by atoms with Crippen molar-refractivity contribution in [3.8, 4) is 0 Å². The molecule has 0 aromatic rings. The van der Waals surface area contributed by atoms with E-state index in [1.165, 1.54) is 45.3 Å².